The number of benzene rings is 1. The van der Waals surface area contributed by atoms with Crippen molar-refractivity contribution in [3.8, 4) is 11.5 Å². The van der Waals surface area contributed by atoms with Crippen molar-refractivity contribution in [1.82, 2.24) is 9.97 Å². The van der Waals surface area contributed by atoms with Crippen LogP contribution in [0.3, 0.4) is 0 Å². The molecule has 4 nitrogen and oxygen atoms in total. The Kier molecular flexibility index (Phi) is 1.38. The molecule has 0 aliphatic heterocycles. The molecule has 0 aliphatic carbocycles. The third kappa shape index (κ3) is 0.816. The average molecular weight is 185 g/mol. The summed E-state index contributed by atoms with van der Waals surface area (Å²) in [7, 11) is 0. The van der Waals surface area contributed by atoms with E-state index in [4.69, 9.17) is 16.7 Å². The number of phenols is 2. The highest BCUT2D eigenvalue weighted by Gasteiger charge is 2.11. The van der Waals surface area contributed by atoms with E-state index < -0.39 is 0 Å². The fourth-order valence-corrected chi connectivity index (χ4v) is 1.27. The number of aromatic hydroxyl groups is 2. The molecule has 0 bridgehead atoms. The van der Waals surface area contributed by atoms with Gasteiger partial charge in [0.1, 0.15) is 10.5 Å². The summed E-state index contributed by atoms with van der Waals surface area (Å²) in [6.07, 6.45) is 1.44. The molecule has 2 rings (SSSR count). The Labute approximate surface area is 72.4 Å². The summed E-state index contributed by atoms with van der Waals surface area (Å²) in [6, 6.07) is 1.36. The second-order valence-corrected chi connectivity index (χ2v) is 2.73. The number of aromatic amines is 1. The Bertz CT molecular complexity index is 438. The summed E-state index contributed by atoms with van der Waals surface area (Å²) in [4.78, 5) is 6.62. The van der Waals surface area contributed by atoms with Crippen molar-refractivity contribution in [2.45, 2.75) is 0 Å². The molecule has 62 valence electrons. The van der Waals surface area contributed by atoms with Crippen LogP contribution >= 0.6 is 11.6 Å². The number of hydrogen-bond acceptors (Lipinski definition) is 3. The van der Waals surface area contributed by atoms with E-state index in [-0.39, 0.29) is 16.5 Å². The van der Waals surface area contributed by atoms with E-state index in [0.29, 0.717) is 11.0 Å². The van der Waals surface area contributed by atoms with Crippen molar-refractivity contribution in [1.29, 1.82) is 0 Å². The predicted molar refractivity (Wildman–Crippen MR) is 44.4 cm³/mol. The number of imidazole rings is 1. The molecule has 0 unspecified atom stereocenters. The van der Waals surface area contributed by atoms with Crippen molar-refractivity contribution in [3.05, 3.63) is 17.4 Å². The van der Waals surface area contributed by atoms with E-state index in [0.717, 1.165) is 0 Å². The Morgan fingerprint density at radius 3 is 2.92 bits per heavy atom. The first-order chi connectivity index (χ1) is 5.70. The predicted octanol–water partition coefficient (Wildman–Crippen LogP) is 1.63. The summed E-state index contributed by atoms with van der Waals surface area (Å²) >= 11 is 5.68. The largest absolute Gasteiger partial charge is 0.504 e. The van der Waals surface area contributed by atoms with Crippen molar-refractivity contribution in [2.24, 2.45) is 0 Å². The first-order valence-corrected chi connectivity index (χ1v) is 3.61. The zero-order chi connectivity index (χ0) is 8.72. The molecule has 0 aliphatic rings. The molecule has 1 aromatic carbocycles. The van der Waals surface area contributed by atoms with Crippen LogP contribution in [0.4, 0.5) is 0 Å². The number of rotatable bonds is 0. The number of hydrogen-bond donors (Lipinski definition) is 3. The van der Waals surface area contributed by atoms with Gasteiger partial charge in [0.15, 0.2) is 11.5 Å². The number of halogens is 1. The number of phenolic OH excluding ortho intramolecular Hbond substituents is 2. The smallest absolute Gasteiger partial charge is 0.178 e. The lowest BCUT2D eigenvalue weighted by atomic mass is 10.3. The number of nitrogens with zero attached hydrogens (tertiary/aromatic N) is 1. The molecule has 0 atom stereocenters. The second kappa shape index (κ2) is 2.28. The third-order valence-corrected chi connectivity index (χ3v) is 1.97. The zero-order valence-electron chi connectivity index (χ0n) is 5.87. The highest BCUT2D eigenvalue weighted by atomic mass is 35.5. The Morgan fingerprint density at radius 2 is 2.17 bits per heavy atom. The topological polar surface area (TPSA) is 69.1 Å². The number of nitrogens with one attached hydrogen (secondary N) is 1. The van der Waals surface area contributed by atoms with Gasteiger partial charge in [0.05, 0.1) is 11.8 Å². The first kappa shape index (κ1) is 7.24. The van der Waals surface area contributed by atoms with Crippen LogP contribution in [0, 0.1) is 0 Å². The number of aromatic nitrogens is 2. The molecule has 0 radical (unpaired) electrons. The van der Waals surface area contributed by atoms with Gasteiger partial charge < -0.3 is 15.2 Å². The van der Waals surface area contributed by atoms with Crippen LogP contribution in [-0.4, -0.2) is 20.2 Å². The molecular weight excluding hydrogens is 180 g/mol. The SMILES string of the molecule is Oc1cc2[nH]cnc2c(Cl)c1O. The molecule has 12 heavy (non-hydrogen) atoms. The van der Waals surface area contributed by atoms with Crippen molar-refractivity contribution >= 4 is 22.6 Å². The van der Waals surface area contributed by atoms with Crippen molar-refractivity contribution in [2.75, 3.05) is 0 Å². The van der Waals surface area contributed by atoms with Crippen molar-refractivity contribution < 1.29 is 10.2 Å². The summed E-state index contributed by atoms with van der Waals surface area (Å²) in [5.74, 6) is -0.590. The first-order valence-electron chi connectivity index (χ1n) is 3.23. The molecule has 0 fully saturated rings. The van der Waals surface area contributed by atoms with Gasteiger partial charge in [-0.25, -0.2) is 4.98 Å². The second-order valence-electron chi connectivity index (χ2n) is 2.36. The fourth-order valence-electron chi connectivity index (χ4n) is 1.02. The molecule has 5 heteroatoms. The van der Waals surface area contributed by atoms with Gasteiger partial charge in [-0.15, -0.1) is 0 Å². The minimum atomic E-state index is -0.337. The van der Waals surface area contributed by atoms with Gasteiger partial charge in [0.2, 0.25) is 0 Å². The van der Waals surface area contributed by atoms with Crippen LogP contribution in [-0.2, 0) is 0 Å². The molecule has 0 saturated heterocycles. The summed E-state index contributed by atoms with van der Waals surface area (Å²) < 4.78 is 0. The van der Waals surface area contributed by atoms with Crippen molar-refractivity contribution in [3.63, 3.8) is 0 Å². The molecule has 3 N–H and O–H groups in total. The summed E-state index contributed by atoms with van der Waals surface area (Å²) in [6.45, 7) is 0. The van der Waals surface area contributed by atoms with Gasteiger partial charge in [-0.2, -0.15) is 0 Å². The highest BCUT2D eigenvalue weighted by Crippen LogP contribution is 2.37. The molecule has 0 amide bonds. The normalized spacial score (nSPS) is 10.8. The van der Waals surface area contributed by atoms with Gasteiger partial charge >= 0.3 is 0 Å². The van der Waals surface area contributed by atoms with E-state index in [1.54, 1.807) is 0 Å². The van der Waals surface area contributed by atoms with Gasteiger partial charge in [0.25, 0.3) is 0 Å². The lowest BCUT2D eigenvalue weighted by Gasteiger charge is -1.99. The van der Waals surface area contributed by atoms with E-state index in [1.165, 1.54) is 12.4 Å². The molecule has 1 aromatic heterocycles. The molecule has 2 aromatic rings. The lowest BCUT2D eigenvalue weighted by Crippen LogP contribution is -1.75. The molecule has 1 heterocycles. The Hall–Kier alpha value is -1.42. The van der Waals surface area contributed by atoms with E-state index >= 15 is 0 Å². The lowest BCUT2D eigenvalue weighted by molar-refractivity contribution is 0.405. The Balaban J connectivity index is 2.94. The maximum absolute atomic E-state index is 9.19. The molecule has 0 spiro atoms. The summed E-state index contributed by atoms with van der Waals surface area (Å²) in [5.41, 5.74) is 1.04. The van der Waals surface area contributed by atoms with Gasteiger partial charge in [-0.1, -0.05) is 11.6 Å². The maximum Gasteiger partial charge on any atom is 0.178 e. The molecule has 0 saturated carbocycles. The average Bonchev–Trinajstić information content (AvgIpc) is 2.48. The van der Waals surface area contributed by atoms with E-state index in [1.807, 2.05) is 0 Å². The molecular formula is C7H5ClN2O2. The minimum Gasteiger partial charge on any atom is -0.504 e. The van der Waals surface area contributed by atoms with E-state index in [2.05, 4.69) is 9.97 Å². The Morgan fingerprint density at radius 1 is 1.42 bits per heavy atom. The highest BCUT2D eigenvalue weighted by molar-refractivity contribution is 6.36. The van der Waals surface area contributed by atoms with Crippen LogP contribution in [0.5, 0.6) is 11.5 Å². The van der Waals surface area contributed by atoms with Gasteiger partial charge in [-0.05, 0) is 0 Å². The van der Waals surface area contributed by atoms with Crippen LogP contribution in [0.2, 0.25) is 5.02 Å². The van der Waals surface area contributed by atoms with Crippen LogP contribution in [0.15, 0.2) is 12.4 Å². The summed E-state index contributed by atoms with van der Waals surface area (Å²) in [5, 5.41) is 18.4. The van der Waals surface area contributed by atoms with Crippen LogP contribution in [0.25, 0.3) is 11.0 Å². The number of H-pyrrole nitrogens is 1. The quantitative estimate of drug-likeness (QED) is 0.545. The van der Waals surface area contributed by atoms with Gasteiger partial charge in [0, 0.05) is 6.07 Å². The third-order valence-electron chi connectivity index (χ3n) is 1.61. The standard InChI is InChI=1S/C7H5ClN2O2/c8-5-6-3(9-2-10-6)1-4(11)7(5)12/h1-2,11-12H,(H,9,10). The van der Waals surface area contributed by atoms with E-state index in [9.17, 15) is 5.11 Å². The van der Waals surface area contributed by atoms with Gasteiger partial charge in [-0.3, -0.25) is 0 Å². The fraction of sp³-hybridized carbons (Fsp3) is 0. The minimum absolute atomic E-state index is 0.0613. The maximum atomic E-state index is 9.19. The van der Waals surface area contributed by atoms with Crippen LogP contribution in [0.1, 0.15) is 0 Å². The zero-order valence-corrected chi connectivity index (χ0v) is 6.63. The monoisotopic (exact) mass is 184 g/mol. The number of fused-ring (bicyclic) bond motifs is 1. The van der Waals surface area contributed by atoms with Crippen LogP contribution < -0.4 is 0 Å².